The van der Waals surface area contributed by atoms with Crippen molar-refractivity contribution in [3.63, 3.8) is 0 Å². The van der Waals surface area contributed by atoms with Crippen LogP contribution in [0.5, 0.6) is 11.5 Å². The molecular weight excluding hydrogens is 365 g/mol. The summed E-state index contributed by atoms with van der Waals surface area (Å²) in [6.45, 7) is 0. The Bertz CT molecular complexity index is 801. The number of hydrazine groups is 1. The second-order valence-corrected chi connectivity index (χ2v) is 6.54. The summed E-state index contributed by atoms with van der Waals surface area (Å²) < 4.78 is 5.23. The molecule has 0 radical (unpaired) electrons. The summed E-state index contributed by atoms with van der Waals surface area (Å²) in [4.78, 5) is 12.5. The van der Waals surface area contributed by atoms with Gasteiger partial charge in [-0.25, -0.2) is 10.9 Å². The number of hydrogen-bond acceptors (Lipinski definition) is 5. The Labute approximate surface area is 155 Å². The van der Waals surface area contributed by atoms with Gasteiger partial charge < -0.3 is 15.2 Å². The van der Waals surface area contributed by atoms with Crippen LogP contribution in [-0.4, -0.2) is 24.2 Å². The van der Waals surface area contributed by atoms with Crippen molar-refractivity contribution in [1.29, 1.82) is 0 Å². The van der Waals surface area contributed by atoms with E-state index in [-0.39, 0.29) is 17.7 Å². The van der Waals surface area contributed by atoms with Gasteiger partial charge >= 0.3 is 0 Å². The molecular formula is C17H17Cl2N3O3. The Kier molecular flexibility index (Phi) is 5.34. The van der Waals surface area contributed by atoms with Crippen LogP contribution in [0, 0.1) is 0 Å². The highest BCUT2D eigenvalue weighted by Crippen LogP contribution is 2.33. The number of amides is 1. The number of methoxy groups -OCH3 is 1. The lowest BCUT2D eigenvalue weighted by atomic mass is 10.0. The number of benzene rings is 2. The Hall–Kier alpha value is -1.99. The fourth-order valence-corrected chi connectivity index (χ4v) is 3.09. The lowest BCUT2D eigenvalue weighted by molar-refractivity contribution is -0.117. The summed E-state index contributed by atoms with van der Waals surface area (Å²) in [6.07, 6.45) is 0.447. The second kappa shape index (κ2) is 7.49. The minimum atomic E-state index is -0.493. The highest BCUT2D eigenvalue weighted by atomic mass is 35.5. The number of ether oxygens (including phenoxy) is 1. The number of halogens is 2. The maximum Gasteiger partial charge on any atom is 0.243 e. The number of rotatable bonds is 4. The molecule has 0 saturated carbocycles. The fourth-order valence-electron chi connectivity index (χ4n) is 2.73. The van der Waals surface area contributed by atoms with E-state index < -0.39 is 6.04 Å². The molecule has 0 spiro atoms. The molecule has 8 heteroatoms. The van der Waals surface area contributed by atoms with Gasteiger partial charge in [0.15, 0.2) is 0 Å². The SMILES string of the molecule is COc1ccc(Cl)cc1NC(=O)C1CC(c2cc(Cl)ccc2O)NN1. The highest BCUT2D eigenvalue weighted by molar-refractivity contribution is 6.31. The molecule has 1 aliphatic rings. The van der Waals surface area contributed by atoms with Crippen molar-refractivity contribution >= 4 is 34.8 Å². The molecule has 1 amide bonds. The molecule has 0 bridgehead atoms. The van der Waals surface area contributed by atoms with Crippen molar-refractivity contribution in [2.45, 2.75) is 18.5 Å². The van der Waals surface area contributed by atoms with Crippen molar-refractivity contribution in [2.75, 3.05) is 12.4 Å². The third-order valence-electron chi connectivity index (χ3n) is 4.00. The molecule has 2 aromatic rings. The van der Waals surface area contributed by atoms with Crippen LogP contribution in [0.3, 0.4) is 0 Å². The van der Waals surface area contributed by atoms with Gasteiger partial charge in [-0.1, -0.05) is 23.2 Å². The van der Waals surface area contributed by atoms with E-state index in [9.17, 15) is 9.90 Å². The smallest absolute Gasteiger partial charge is 0.243 e. The maximum absolute atomic E-state index is 12.5. The van der Waals surface area contributed by atoms with Crippen LogP contribution in [0.1, 0.15) is 18.0 Å². The summed E-state index contributed by atoms with van der Waals surface area (Å²) in [5, 5.41) is 13.8. The molecule has 1 saturated heterocycles. The number of phenols is 1. The minimum Gasteiger partial charge on any atom is -0.508 e. The Balaban J connectivity index is 1.71. The van der Waals surface area contributed by atoms with E-state index in [0.717, 1.165) is 0 Å². The summed E-state index contributed by atoms with van der Waals surface area (Å²) in [5.74, 6) is 0.408. The quantitative estimate of drug-likeness (QED) is 0.653. The molecule has 1 heterocycles. The average molecular weight is 382 g/mol. The number of hydrogen-bond donors (Lipinski definition) is 4. The van der Waals surface area contributed by atoms with Gasteiger partial charge in [-0.05, 0) is 42.8 Å². The molecule has 4 N–H and O–H groups in total. The van der Waals surface area contributed by atoms with E-state index >= 15 is 0 Å². The first kappa shape index (κ1) is 17.8. The number of anilines is 1. The van der Waals surface area contributed by atoms with E-state index in [1.54, 1.807) is 30.3 Å². The van der Waals surface area contributed by atoms with Crippen LogP contribution in [0.25, 0.3) is 0 Å². The van der Waals surface area contributed by atoms with Crippen LogP contribution < -0.4 is 20.9 Å². The lowest BCUT2D eigenvalue weighted by Crippen LogP contribution is -2.39. The van der Waals surface area contributed by atoms with Crippen molar-refractivity contribution in [2.24, 2.45) is 0 Å². The van der Waals surface area contributed by atoms with Crippen LogP contribution >= 0.6 is 23.2 Å². The van der Waals surface area contributed by atoms with Crippen molar-refractivity contribution < 1.29 is 14.6 Å². The molecule has 1 fully saturated rings. The zero-order valence-electron chi connectivity index (χ0n) is 13.3. The molecule has 6 nitrogen and oxygen atoms in total. The molecule has 132 valence electrons. The first-order chi connectivity index (χ1) is 12.0. The number of aromatic hydroxyl groups is 1. The van der Waals surface area contributed by atoms with Gasteiger partial charge in [0.05, 0.1) is 18.8 Å². The van der Waals surface area contributed by atoms with Gasteiger partial charge in [0, 0.05) is 15.6 Å². The van der Waals surface area contributed by atoms with Crippen LogP contribution in [0.2, 0.25) is 10.0 Å². The fraction of sp³-hybridized carbons (Fsp3) is 0.235. The number of phenolic OH excluding ortho intramolecular Hbond substituents is 1. The largest absolute Gasteiger partial charge is 0.508 e. The number of carbonyl (C=O) groups is 1. The Morgan fingerprint density at radius 2 is 1.92 bits per heavy atom. The van der Waals surface area contributed by atoms with Crippen LogP contribution in [0.15, 0.2) is 36.4 Å². The number of carbonyl (C=O) groups excluding carboxylic acids is 1. The predicted molar refractivity (Wildman–Crippen MR) is 97.2 cm³/mol. The maximum atomic E-state index is 12.5. The minimum absolute atomic E-state index is 0.126. The van der Waals surface area contributed by atoms with E-state index in [0.29, 0.717) is 33.5 Å². The highest BCUT2D eigenvalue weighted by Gasteiger charge is 2.32. The Morgan fingerprint density at radius 3 is 2.68 bits per heavy atom. The zero-order chi connectivity index (χ0) is 18.0. The van der Waals surface area contributed by atoms with Gasteiger partial charge in [-0.3, -0.25) is 4.79 Å². The van der Waals surface area contributed by atoms with E-state index in [4.69, 9.17) is 27.9 Å². The average Bonchev–Trinajstić information content (AvgIpc) is 3.07. The van der Waals surface area contributed by atoms with Crippen molar-refractivity contribution in [3.05, 3.63) is 52.0 Å². The summed E-state index contributed by atoms with van der Waals surface area (Å²) in [7, 11) is 1.52. The van der Waals surface area contributed by atoms with Gasteiger partial charge in [0.1, 0.15) is 17.5 Å². The molecule has 0 aliphatic carbocycles. The van der Waals surface area contributed by atoms with Gasteiger partial charge in [-0.2, -0.15) is 0 Å². The predicted octanol–water partition coefficient (Wildman–Crippen LogP) is 3.25. The lowest BCUT2D eigenvalue weighted by Gasteiger charge is -2.14. The third kappa shape index (κ3) is 3.99. The van der Waals surface area contributed by atoms with Gasteiger partial charge in [0.2, 0.25) is 5.91 Å². The summed E-state index contributed by atoms with van der Waals surface area (Å²) >= 11 is 12.0. The normalized spacial score (nSPS) is 19.6. The molecule has 2 aromatic carbocycles. The van der Waals surface area contributed by atoms with Crippen molar-refractivity contribution in [3.8, 4) is 11.5 Å². The standard InChI is InChI=1S/C17H17Cl2N3O3/c1-25-16-5-3-10(19)7-13(16)20-17(24)14-8-12(21-22-14)11-6-9(18)2-4-15(11)23/h2-7,12,14,21-23H,8H2,1H3,(H,20,24). The first-order valence-corrected chi connectivity index (χ1v) is 8.37. The van der Waals surface area contributed by atoms with E-state index in [2.05, 4.69) is 16.2 Å². The van der Waals surface area contributed by atoms with Gasteiger partial charge in [0.25, 0.3) is 0 Å². The molecule has 0 aromatic heterocycles. The Morgan fingerprint density at radius 1 is 1.20 bits per heavy atom. The molecule has 25 heavy (non-hydrogen) atoms. The third-order valence-corrected chi connectivity index (χ3v) is 4.47. The molecule has 2 unspecified atom stereocenters. The molecule has 1 aliphatic heterocycles. The summed E-state index contributed by atoms with van der Waals surface area (Å²) in [5.41, 5.74) is 7.08. The van der Waals surface area contributed by atoms with E-state index in [1.165, 1.54) is 13.2 Å². The van der Waals surface area contributed by atoms with E-state index in [1.807, 2.05) is 0 Å². The topological polar surface area (TPSA) is 82.6 Å². The molecule has 2 atom stereocenters. The van der Waals surface area contributed by atoms with Crippen LogP contribution in [0.4, 0.5) is 5.69 Å². The zero-order valence-corrected chi connectivity index (χ0v) is 14.9. The van der Waals surface area contributed by atoms with Crippen LogP contribution in [-0.2, 0) is 4.79 Å². The second-order valence-electron chi connectivity index (χ2n) is 5.67. The first-order valence-electron chi connectivity index (χ1n) is 7.62. The monoisotopic (exact) mass is 381 g/mol. The van der Waals surface area contributed by atoms with Gasteiger partial charge in [-0.15, -0.1) is 0 Å². The summed E-state index contributed by atoms with van der Waals surface area (Å²) in [6, 6.07) is 9.08. The number of nitrogens with one attached hydrogen (secondary N) is 3. The van der Waals surface area contributed by atoms with Crippen molar-refractivity contribution in [1.82, 2.24) is 10.9 Å². The molecule has 3 rings (SSSR count).